The van der Waals surface area contributed by atoms with Gasteiger partial charge >= 0.3 is 0 Å². The van der Waals surface area contributed by atoms with Gasteiger partial charge in [-0.2, -0.15) is 0 Å². The highest BCUT2D eigenvalue weighted by Crippen LogP contribution is 2.48. The molecule has 1 aliphatic heterocycles. The van der Waals surface area contributed by atoms with Crippen LogP contribution in [0.5, 0.6) is 0 Å². The van der Waals surface area contributed by atoms with Crippen LogP contribution in [0.4, 0.5) is 0 Å². The SMILES string of the molecule is CC1(C)OC(c2cccc(-c3cccc(-c4cc(-c5ccccc5)cc(-c5ccccc5)c4)c3)c2)OC1(C)C.Clc1nc(-c2cccc3ccccc23)c2oc3ccccc3c2n1.Clc1nc(Cl)c2oc3ccccc3c2n1.c1ccc(-c2cc(-c3ccccc3)cc(-c3cccc(-c4cccc(-c5nc(-c6cccc7ccccc67)c6oc7ccccc7c6n5)c4)c3)c2)cc1. The van der Waals surface area contributed by atoms with Crippen LogP contribution in [0.2, 0.25) is 15.7 Å². The molecule has 131 heavy (non-hydrogen) atoms. The number of hydrogen-bond donors (Lipinski definition) is 0. The lowest BCUT2D eigenvalue weighted by Crippen LogP contribution is -2.41. The molecule has 0 radical (unpaired) electrons. The first-order valence-electron chi connectivity index (χ1n) is 43.4. The Morgan fingerprint density at radius 1 is 0.229 bits per heavy atom. The first kappa shape index (κ1) is 82.7. The number of rotatable bonds is 12. The summed E-state index contributed by atoms with van der Waals surface area (Å²) in [6.45, 7) is 8.36. The van der Waals surface area contributed by atoms with Gasteiger partial charge in [-0.3, -0.25) is 0 Å². The summed E-state index contributed by atoms with van der Waals surface area (Å²) >= 11 is 17.9. The van der Waals surface area contributed by atoms with E-state index in [1.54, 1.807) is 0 Å². The lowest BCUT2D eigenvalue weighted by Gasteiger charge is -2.30. The second kappa shape index (κ2) is 35.4. The molecule has 0 bridgehead atoms. The van der Waals surface area contributed by atoms with E-state index in [0.29, 0.717) is 28.1 Å². The Morgan fingerprint density at radius 3 is 0.939 bits per heavy atom. The van der Waals surface area contributed by atoms with E-state index in [4.69, 9.17) is 67.5 Å². The van der Waals surface area contributed by atoms with Crippen LogP contribution in [0.1, 0.15) is 39.5 Å². The van der Waals surface area contributed by atoms with E-state index < -0.39 is 0 Å². The molecule has 11 nitrogen and oxygen atoms in total. The molecule has 14 heteroatoms. The van der Waals surface area contributed by atoms with Gasteiger partial charge in [0.25, 0.3) is 0 Å². The number of nitrogens with zero attached hydrogens (tertiary/aromatic N) is 6. The summed E-state index contributed by atoms with van der Waals surface area (Å²) in [7, 11) is 0. The highest BCUT2D eigenvalue weighted by molar-refractivity contribution is 6.36. The Hall–Kier alpha value is -15.3. The number of benzene rings is 17. The van der Waals surface area contributed by atoms with Crippen molar-refractivity contribution in [3.8, 4) is 123 Å². The normalized spacial score (nSPS) is 12.9. The van der Waals surface area contributed by atoms with E-state index in [0.717, 1.165) is 127 Å². The van der Waals surface area contributed by atoms with E-state index in [9.17, 15) is 0 Å². The highest BCUT2D eigenvalue weighted by atomic mass is 35.5. The molecule has 0 amide bonds. The van der Waals surface area contributed by atoms with E-state index in [1.165, 1.54) is 61.2 Å². The molecule has 1 saturated heterocycles. The number of aromatic nitrogens is 6. The van der Waals surface area contributed by atoms with E-state index in [-0.39, 0.29) is 33.2 Å². The summed E-state index contributed by atoms with van der Waals surface area (Å²) < 4.78 is 30.7. The van der Waals surface area contributed by atoms with Gasteiger partial charge in [0.1, 0.15) is 44.7 Å². The van der Waals surface area contributed by atoms with Crippen molar-refractivity contribution < 1.29 is 22.7 Å². The average Bonchev–Trinajstić information content (AvgIpc) is 1.62. The average molecular weight is 1760 g/mol. The van der Waals surface area contributed by atoms with E-state index >= 15 is 0 Å². The minimum Gasteiger partial charge on any atom is -0.452 e. The highest BCUT2D eigenvalue weighted by Gasteiger charge is 2.49. The zero-order chi connectivity index (χ0) is 88.7. The molecule has 0 N–H and O–H groups in total. The van der Waals surface area contributed by atoms with Crippen molar-refractivity contribution in [3.05, 3.63) is 434 Å². The smallest absolute Gasteiger partial charge is 0.224 e. The number of para-hydroxylation sites is 3. The van der Waals surface area contributed by atoms with Gasteiger partial charge in [0.05, 0.1) is 11.2 Å². The topological polar surface area (TPSA) is 135 Å². The molecule has 0 atom stereocenters. The molecule has 23 aromatic rings. The van der Waals surface area contributed by atoms with Crippen LogP contribution in [0.25, 0.3) is 211 Å². The molecule has 6 aromatic heterocycles. The zero-order valence-electron chi connectivity index (χ0n) is 71.7. The third-order valence-corrected chi connectivity index (χ3v) is 25.1. The molecule has 0 aliphatic carbocycles. The van der Waals surface area contributed by atoms with Crippen molar-refractivity contribution in [2.75, 3.05) is 0 Å². The van der Waals surface area contributed by atoms with Gasteiger partial charge in [-0.05, 0) is 259 Å². The molecule has 1 aliphatic rings. The summed E-state index contributed by atoms with van der Waals surface area (Å²) in [4.78, 5) is 27.2. The number of hydrogen-bond acceptors (Lipinski definition) is 11. The van der Waals surface area contributed by atoms with Gasteiger partial charge in [-0.1, -0.05) is 327 Å². The van der Waals surface area contributed by atoms with Crippen LogP contribution in [0.3, 0.4) is 0 Å². The molecular formula is C117H81Cl3N6O5. The molecule has 0 saturated carbocycles. The number of fused-ring (bicyclic) bond motifs is 11. The van der Waals surface area contributed by atoms with Crippen LogP contribution in [-0.2, 0) is 9.47 Å². The van der Waals surface area contributed by atoms with Crippen LogP contribution in [0, 0.1) is 0 Å². The van der Waals surface area contributed by atoms with Crippen LogP contribution >= 0.6 is 34.8 Å². The van der Waals surface area contributed by atoms with Crippen molar-refractivity contribution in [1.29, 1.82) is 0 Å². The third-order valence-electron chi connectivity index (χ3n) is 24.5. The number of halogens is 3. The van der Waals surface area contributed by atoms with Crippen LogP contribution in [-0.4, -0.2) is 41.1 Å². The summed E-state index contributed by atoms with van der Waals surface area (Å²) in [6.07, 6.45) is -0.380. The molecule has 17 aromatic carbocycles. The monoisotopic (exact) mass is 1750 g/mol. The van der Waals surface area contributed by atoms with Gasteiger partial charge in [0.15, 0.2) is 34.0 Å². The van der Waals surface area contributed by atoms with Crippen molar-refractivity contribution in [1.82, 2.24) is 29.9 Å². The van der Waals surface area contributed by atoms with Gasteiger partial charge < -0.3 is 22.7 Å². The lowest BCUT2D eigenvalue weighted by molar-refractivity contribution is -0.0895. The fraction of sp³-hybridized carbons (Fsp3) is 0.0598. The maximum atomic E-state index is 6.47. The Balaban J connectivity index is 0.000000115. The predicted molar refractivity (Wildman–Crippen MR) is 537 cm³/mol. The second-order valence-electron chi connectivity index (χ2n) is 33.4. The minimum absolute atomic E-state index is 0.124. The van der Waals surface area contributed by atoms with Crippen LogP contribution < -0.4 is 0 Å². The lowest BCUT2D eigenvalue weighted by atomic mass is 9.90. The van der Waals surface area contributed by atoms with E-state index in [1.807, 2.05) is 91.0 Å². The van der Waals surface area contributed by atoms with E-state index in [2.05, 4.69) is 369 Å². The zero-order valence-corrected chi connectivity index (χ0v) is 74.0. The summed E-state index contributed by atoms with van der Waals surface area (Å²) in [5, 5.41) is 7.92. The third kappa shape index (κ3) is 16.8. The molecular weight excluding hydrogens is 1680 g/mol. The summed E-state index contributed by atoms with van der Waals surface area (Å²) in [5.74, 6) is 0.660. The number of ether oxygens (including phenoxy) is 2. The Kier molecular flexibility index (Phi) is 22.3. The molecule has 0 spiro atoms. The Labute approximate surface area is 771 Å². The first-order valence-corrected chi connectivity index (χ1v) is 44.5. The van der Waals surface area contributed by atoms with Gasteiger partial charge in [-0.15, -0.1) is 0 Å². The standard InChI is InChI=1S/C50H32N2O.C37H34O2.C20H11ClN2O.C10H4Cl2N2O/c1-3-14-33(15-4-1)40-30-41(34-16-5-2-6-17-34)32-42(31-40)38-22-11-20-36(28-38)37-21-12-23-39(29-37)50-51-47(44-26-13-19-35-18-7-8-24-43(35)44)49-48(52-50)45-25-9-10-27-46(45)53-49;1-36(2)37(3,4)39-35(38-36)31-20-12-18-29(22-31)28-17-11-19-30(21-28)34-24-32(26-13-7-5-8-14-26)23-33(25-34)27-15-9-6-10-16-27;21-20-22-17(14-10-5-7-12-6-1-2-8-13(12)14)19-18(23-20)15-9-3-4-11-16(15)24-19;11-9-8-7(13-10(12)14-9)5-3-1-2-4-6(5)15-8/h1-32H;5-25,35H,1-4H3;1-11H;1-4H. The fourth-order valence-corrected chi connectivity index (χ4v) is 17.8. The fourth-order valence-electron chi connectivity index (χ4n) is 17.3. The molecule has 0 unspecified atom stereocenters. The summed E-state index contributed by atoms with van der Waals surface area (Å²) in [5.41, 5.74) is 30.0. The Bertz CT molecular complexity index is 8100. The quantitative estimate of drug-likeness (QED) is 0.0854. The molecule has 1 fully saturated rings. The van der Waals surface area contributed by atoms with Gasteiger partial charge in [-0.25, -0.2) is 29.9 Å². The largest absolute Gasteiger partial charge is 0.452 e. The number of furan rings is 3. The first-order chi connectivity index (χ1) is 64.1. The van der Waals surface area contributed by atoms with Crippen molar-refractivity contribution in [2.24, 2.45) is 0 Å². The molecule has 24 rings (SSSR count). The van der Waals surface area contributed by atoms with Gasteiger partial charge in [0.2, 0.25) is 10.6 Å². The van der Waals surface area contributed by atoms with Crippen molar-refractivity contribution in [3.63, 3.8) is 0 Å². The minimum atomic E-state index is -0.380. The molecule has 630 valence electrons. The van der Waals surface area contributed by atoms with Gasteiger partial charge in [0, 0.05) is 38.4 Å². The predicted octanol–water partition coefficient (Wildman–Crippen LogP) is 33.0. The Morgan fingerprint density at radius 2 is 0.511 bits per heavy atom. The molecule has 7 heterocycles. The van der Waals surface area contributed by atoms with Crippen molar-refractivity contribution in [2.45, 2.75) is 45.2 Å². The maximum Gasteiger partial charge on any atom is 0.224 e. The maximum absolute atomic E-state index is 6.47. The summed E-state index contributed by atoms with van der Waals surface area (Å²) in [6, 6.07) is 143. The second-order valence-corrected chi connectivity index (χ2v) is 34.5. The van der Waals surface area contributed by atoms with Crippen molar-refractivity contribution >= 4 is 123 Å². The van der Waals surface area contributed by atoms with Crippen LogP contribution in [0.15, 0.2) is 426 Å².